The third kappa shape index (κ3) is 12.8. The van der Waals surface area contributed by atoms with Gasteiger partial charge in [0.2, 0.25) is 0 Å². The van der Waals surface area contributed by atoms with Crippen LogP contribution in [0, 0.1) is 0 Å². The molecule has 0 saturated carbocycles. The molecule has 0 aliphatic heterocycles. The lowest BCUT2D eigenvalue weighted by Gasteiger charge is -2.12. The van der Waals surface area contributed by atoms with E-state index in [1.54, 1.807) is 14.2 Å². The highest BCUT2D eigenvalue weighted by molar-refractivity contribution is 14.1. The van der Waals surface area contributed by atoms with Gasteiger partial charge in [-0.2, -0.15) is 0 Å². The Morgan fingerprint density at radius 2 is 1.39 bits per heavy atom. The van der Waals surface area contributed by atoms with Gasteiger partial charge in [0.25, 0.3) is 0 Å². The van der Waals surface area contributed by atoms with Crippen molar-refractivity contribution in [1.82, 2.24) is 0 Å². The molecule has 0 aromatic rings. The van der Waals surface area contributed by atoms with Crippen LogP contribution in [-0.4, -0.2) is 24.9 Å². The molecule has 0 aliphatic carbocycles. The molecule has 108 valence electrons. The minimum absolute atomic E-state index is 0.00644. The number of hydrogen-bond acceptors (Lipinski definition) is 2. The van der Waals surface area contributed by atoms with Crippen molar-refractivity contribution in [3.63, 3.8) is 0 Å². The molecular weight excluding hydrogens is 339 g/mol. The van der Waals surface area contributed by atoms with Crippen molar-refractivity contribution < 1.29 is 9.47 Å². The molecule has 0 aromatic heterocycles. The van der Waals surface area contributed by atoms with Gasteiger partial charge in [-0.3, -0.25) is 0 Å². The summed E-state index contributed by atoms with van der Waals surface area (Å²) in [5.41, 5.74) is 0. The monoisotopic (exact) mass is 368 g/mol. The van der Waals surface area contributed by atoms with Gasteiger partial charge < -0.3 is 9.47 Å². The number of unbranched alkanes of at least 4 members (excludes halogenated alkanes) is 6. The van der Waals surface area contributed by atoms with Crippen molar-refractivity contribution in [3.8, 4) is 0 Å². The first kappa shape index (κ1) is 18.4. The number of rotatable bonds is 13. The van der Waals surface area contributed by atoms with Crippen LogP contribution in [0.4, 0.5) is 0 Å². The number of hydrogen-bond donors (Lipinski definition) is 0. The number of alkyl halides is 1. The molecular formula is C15H29IO2. The third-order valence-electron chi connectivity index (χ3n) is 3.03. The van der Waals surface area contributed by atoms with E-state index in [0.717, 1.165) is 6.42 Å². The molecule has 0 heterocycles. The number of ether oxygens (including phenoxy) is 2. The Labute approximate surface area is 127 Å². The Bertz CT molecular complexity index is 179. The topological polar surface area (TPSA) is 18.5 Å². The predicted octanol–water partition coefficient (Wildman–Crippen LogP) is 5.11. The fraction of sp³-hybridized carbons (Fsp3) is 0.867. The molecule has 3 heteroatoms. The predicted molar refractivity (Wildman–Crippen MR) is 87.4 cm³/mol. The van der Waals surface area contributed by atoms with E-state index in [9.17, 15) is 0 Å². The molecule has 0 rings (SSSR count). The summed E-state index contributed by atoms with van der Waals surface area (Å²) in [5, 5.41) is 0. The summed E-state index contributed by atoms with van der Waals surface area (Å²) in [7, 11) is 3.42. The maximum Gasteiger partial charge on any atom is 0.156 e. The molecule has 0 saturated heterocycles. The van der Waals surface area contributed by atoms with E-state index in [4.69, 9.17) is 9.47 Å². The Morgan fingerprint density at radius 1 is 0.833 bits per heavy atom. The van der Waals surface area contributed by atoms with E-state index >= 15 is 0 Å². The first-order valence-corrected chi connectivity index (χ1v) is 8.64. The van der Waals surface area contributed by atoms with Crippen LogP contribution in [-0.2, 0) is 9.47 Å². The summed E-state index contributed by atoms with van der Waals surface area (Å²) in [6.45, 7) is 0. The molecule has 0 aliphatic rings. The molecule has 0 fully saturated rings. The average Bonchev–Trinajstić information content (AvgIpc) is 2.40. The second-order valence-electron chi connectivity index (χ2n) is 4.55. The maximum absolute atomic E-state index is 5.16. The van der Waals surface area contributed by atoms with Crippen LogP contribution in [0.2, 0.25) is 0 Å². The SMILES string of the molecule is COC(CCCCCCCC/C=C\CCI)OC. The fourth-order valence-electron chi connectivity index (χ4n) is 1.91. The molecule has 18 heavy (non-hydrogen) atoms. The molecule has 0 aromatic carbocycles. The lowest BCUT2D eigenvalue weighted by Crippen LogP contribution is -2.12. The quantitative estimate of drug-likeness (QED) is 0.148. The molecule has 0 amide bonds. The Hall–Kier alpha value is 0.390. The normalized spacial score (nSPS) is 11.8. The van der Waals surface area contributed by atoms with Gasteiger partial charge in [-0.1, -0.05) is 60.4 Å². The zero-order valence-corrected chi connectivity index (χ0v) is 14.2. The van der Waals surface area contributed by atoms with Crippen molar-refractivity contribution in [3.05, 3.63) is 12.2 Å². The highest BCUT2D eigenvalue weighted by Gasteiger charge is 2.03. The molecule has 0 N–H and O–H groups in total. The van der Waals surface area contributed by atoms with E-state index < -0.39 is 0 Å². The maximum atomic E-state index is 5.16. The smallest absolute Gasteiger partial charge is 0.156 e. The summed E-state index contributed by atoms with van der Waals surface area (Å²) in [5.74, 6) is 0. The van der Waals surface area contributed by atoms with Crippen molar-refractivity contribution in [1.29, 1.82) is 0 Å². The summed E-state index contributed by atoms with van der Waals surface area (Å²) in [6, 6.07) is 0. The Morgan fingerprint density at radius 3 is 2.00 bits per heavy atom. The largest absolute Gasteiger partial charge is 0.356 e. The van der Waals surface area contributed by atoms with Crippen molar-refractivity contribution in [2.45, 2.75) is 64.1 Å². The first-order chi connectivity index (χ1) is 8.85. The fourth-order valence-corrected chi connectivity index (χ4v) is 2.27. The van der Waals surface area contributed by atoms with Gasteiger partial charge in [-0.25, -0.2) is 0 Å². The van der Waals surface area contributed by atoms with Crippen molar-refractivity contribution >= 4 is 22.6 Å². The van der Waals surface area contributed by atoms with E-state index in [0.29, 0.717) is 0 Å². The van der Waals surface area contributed by atoms with E-state index in [2.05, 4.69) is 34.7 Å². The lowest BCUT2D eigenvalue weighted by molar-refractivity contribution is -0.107. The molecule has 0 radical (unpaired) electrons. The lowest BCUT2D eigenvalue weighted by atomic mass is 10.1. The summed E-state index contributed by atoms with van der Waals surface area (Å²) in [4.78, 5) is 0. The number of allylic oxidation sites excluding steroid dienone is 2. The minimum atomic E-state index is -0.00644. The highest BCUT2D eigenvalue weighted by atomic mass is 127. The van der Waals surface area contributed by atoms with Crippen LogP contribution in [0.25, 0.3) is 0 Å². The van der Waals surface area contributed by atoms with Crippen LogP contribution in [0.15, 0.2) is 12.2 Å². The summed E-state index contributed by atoms with van der Waals surface area (Å²) < 4.78 is 11.6. The second-order valence-corrected chi connectivity index (χ2v) is 5.63. The van der Waals surface area contributed by atoms with E-state index in [1.807, 2.05) is 0 Å². The van der Waals surface area contributed by atoms with E-state index in [-0.39, 0.29) is 6.29 Å². The summed E-state index contributed by atoms with van der Waals surface area (Å²) in [6.07, 6.45) is 16.1. The zero-order valence-electron chi connectivity index (χ0n) is 12.0. The van der Waals surface area contributed by atoms with Gasteiger partial charge >= 0.3 is 0 Å². The highest BCUT2D eigenvalue weighted by Crippen LogP contribution is 2.11. The first-order valence-electron chi connectivity index (χ1n) is 7.11. The third-order valence-corrected chi connectivity index (χ3v) is 3.65. The standard InChI is InChI=1S/C15H29IO2/c1-17-15(18-2)13-11-9-7-5-3-4-6-8-10-12-14-16/h8,10,15H,3-7,9,11-14H2,1-2H3/b10-8-. The Balaban J connectivity index is 3.11. The number of halogens is 1. The molecule has 0 bridgehead atoms. The zero-order chi connectivity index (χ0) is 13.5. The molecule has 0 spiro atoms. The van der Waals surface area contributed by atoms with Crippen LogP contribution in [0.1, 0.15) is 57.8 Å². The van der Waals surface area contributed by atoms with Crippen LogP contribution in [0.5, 0.6) is 0 Å². The van der Waals surface area contributed by atoms with Gasteiger partial charge in [-0.15, -0.1) is 0 Å². The van der Waals surface area contributed by atoms with Gasteiger partial charge in [0.1, 0.15) is 0 Å². The van der Waals surface area contributed by atoms with Gasteiger partial charge in [-0.05, 0) is 32.1 Å². The van der Waals surface area contributed by atoms with Crippen LogP contribution >= 0.6 is 22.6 Å². The van der Waals surface area contributed by atoms with Crippen molar-refractivity contribution in [2.75, 3.05) is 18.6 Å². The molecule has 0 atom stereocenters. The van der Waals surface area contributed by atoms with Gasteiger partial charge in [0.15, 0.2) is 6.29 Å². The van der Waals surface area contributed by atoms with E-state index in [1.165, 1.54) is 55.8 Å². The molecule has 0 unspecified atom stereocenters. The minimum Gasteiger partial charge on any atom is -0.356 e. The molecule has 2 nitrogen and oxygen atoms in total. The number of methoxy groups -OCH3 is 2. The van der Waals surface area contributed by atoms with Gasteiger partial charge in [0, 0.05) is 18.6 Å². The average molecular weight is 368 g/mol. The van der Waals surface area contributed by atoms with Crippen molar-refractivity contribution in [2.24, 2.45) is 0 Å². The van der Waals surface area contributed by atoms with Gasteiger partial charge in [0.05, 0.1) is 0 Å². The van der Waals surface area contributed by atoms with Crippen LogP contribution in [0.3, 0.4) is 0 Å². The second kappa shape index (κ2) is 15.4. The summed E-state index contributed by atoms with van der Waals surface area (Å²) >= 11 is 2.42. The Kier molecular flexibility index (Phi) is 15.8. The van der Waals surface area contributed by atoms with Crippen LogP contribution < -0.4 is 0 Å².